The smallest absolute Gasteiger partial charge is 0.350 e. The maximum Gasteiger partial charge on any atom is 0.471 e. The van der Waals surface area contributed by atoms with E-state index in [-0.39, 0.29) is 41.7 Å². The topological polar surface area (TPSA) is 131 Å². The normalized spacial score (nSPS) is 40.3. The molecule has 2 unspecified atom stereocenters. The minimum Gasteiger partial charge on any atom is -0.350 e. The molecule has 6 aliphatic carbocycles. The molecule has 4 bridgehead atoms. The van der Waals surface area contributed by atoms with Crippen LogP contribution in [0, 0.1) is 57.7 Å². The fourth-order valence-corrected chi connectivity index (χ4v) is 10.5. The number of nitrogens with one attached hydrogen (secondary N) is 3. The van der Waals surface area contributed by atoms with Crippen LogP contribution < -0.4 is 16.0 Å². The van der Waals surface area contributed by atoms with Crippen LogP contribution in [0.5, 0.6) is 0 Å². The Kier molecular flexibility index (Phi) is 6.27. The Labute approximate surface area is 249 Å². The van der Waals surface area contributed by atoms with Crippen molar-refractivity contribution in [3.63, 3.8) is 0 Å². The number of amides is 4. The van der Waals surface area contributed by atoms with Gasteiger partial charge in [0.15, 0.2) is 0 Å². The third-order valence-corrected chi connectivity index (χ3v) is 12.5. The van der Waals surface area contributed by atoms with Crippen LogP contribution in [0.4, 0.5) is 13.2 Å². The lowest BCUT2D eigenvalue weighted by molar-refractivity contribution is -0.179. The second-order valence-electron chi connectivity index (χ2n) is 15.7. The van der Waals surface area contributed by atoms with Gasteiger partial charge in [-0.3, -0.25) is 19.2 Å². The number of halogens is 3. The Morgan fingerprint density at radius 1 is 1.05 bits per heavy atom. The lowest BCUT2D eigenvalue weighted by atomic mass is 9.47. The fourth-order valence-electron chi connectivity index (χ4n) is 10.5. The van der Waals surface area contributed by atoms with E-state index in [0.29, 0.717) is 43.4 Å². The molecule has 234 valence electrons. The molecule has 8 fully saturated rings. The van der Waals surface area contributed by atoms with Gasteiger partial charge < -0.3 is 20.9 Å². The molecular weight excluding hydrogens is 563 g/mol. The van der Waals surface area contributed by atoms with E-state index >= 15 is 0 Å². The average molecular weight is 604 g/mol. The van der Waals surface area contributed by atoms with E-state index in [2.05, 4.69) is 22.0 Å². The predicted molar refractivity (Wildman–Crippen MR) is 145 cm³/mol. The van der Waals surface area contributed by atoms with Crippen LogP contribution in [-0.4, -0.2) is 64.9 Å². The van der Waals surface area contributed by atoms with Crippen molar-refractivity contribution in [3.05, 3.63) is 0 Å². The number of nitriles is 1. The maximum absolute atomic E-state index is 14.4. The zero-order valence-corrected chi connectivity index (χ0v) is 24.6. The predicted octanol–water partition coefficient (Wildman–Crippen LogP) is 2.80. The van der Waals surface area contributed by atoms with Crippen molar-refractivity contribution in [3.8, 4) is 6.07 Å². The standard InChI is InChI=1S/C31H40F3N5O4/c1-28(2)20-14-39(22(21(20)28)25(41)36-19(13-35)8-18-12-30(3-4-30)38-24(18)40)26(42)23(37-27(43)31(32,33)34)29-9-15-5-16(10-29)7-17(6-15)11-29/h15-23H,3-12,14H2,1-2H3,(H,36,41)(H,37,43)(H,38,40)/t15?,16?,17?,18?,19-,20-,21-,22-,23?,29?/m0/s1. The number of hydrogen-bond donors (Lipinski definition) is 3. The van der Waals surface area contributed by atoms with Crippen molar-refractivity contribution < 1.29 is 32.3 Å². The Bertz CT molecular complexity index is 1270. The van der Waals surface area contributed by atoms with Crippen molar-refractivity contribution >= 4 is 23.6 Å². The molecule has 2 saturated heterocycles. The van der Waals surface area contributed by atoms with E-state index in [1.54, 1.807) is 0 Å². The molecule has 0 aromatic rings. The molecule has 6 saturated carbocycles. The van der Waals surface area contributed by atoms with Crippen molar-refractivity contribution in [2.75, 3.05) is 6.54 Å². The van der Waals surface area contributed by atoms with Crippen LogP contribution in [0.1, 0.15) is 78.1 Å². The van der Waals surface area contributed by atoms with Gasteiger partial charge in [0, 0.05) is 23.4 Å². The molecule has 8 rings (SSSR count). The number of carbonyl (C=O) groups is 4. The minimum absolute atomic E-state index is 0.0154. The largest absolute Gasteiger partial charge is 0.471 e. The zero-order chi connectivity index (χ0) is 30.7. The van der Waals surface area contributed by atoms with Crippen molar-refractivity contribution in [2.24, 2.45) is 46.3 Å². The molecule has 0 aromatic carbocycles. The summed E-state index contributed by atoms with van der Waals surface area (Å²) < 4.78 is 40.7. The number of likely N-dealkylation sites (tertiary alicyclic amines) is 1. The van der Waals surface area contributed by atoms with E-state index < -0.39 is 53.4 Å². The van der Waals surface area contributed by atoms with Gasteiger partial charge in [0.2, 0.25) is 17.7 Å². The summed E-state index contributed by atoms with van der Waals surface area (Å²) in [4.78, 5) is 54.5. The molecule has 12 heteroatoms. The molecular formula is C31H40F3N5O4. The van der Waals surface area contributed by atoms with E-state index in [1.165, 1.54) is 4.90 Å². The summed E-state index contributed by atoms with van der Waals surface area (Å²) in [5.74, 6) is -3.03. The van der Waals surface area contributed by atoms with Crippen molar-refractivity contribution in [1.29, 1.82) is 5.26 Å². The minimum atomic E-state index is -5.14. The highest BCUT2D eigenvalue weighted by molar-refractivity contribution is 5.95. The Balaban J connectivity index is 1.13. The van der Waals surface area contributed by atoms with Crippen LogP contribution in [0.3, 0.4) is 0 Å². The molecule has 0 radical (unpaired) electrons. The number of rotatable bonds is 7. The van der Waals surface area contributed by atoms with Crippen LogP contribution >= 0.6 is 0 Å². The number of hydrogen-bond acceptors (Lipinski definition) is 5. The maximum atomic E-state index is 14.4. The molecule has 6 atom stereocenters. The first kappa shape index (κ1) is 28.9. The van der Waals surface area contributed by atoms with Crippen LogP contribution in [0.25, 0.3) is 0 Å². The van der Waals surface area contributed by atoms with Crippen molar-refractivity contribution in [1.82, 2.24) is 20.9 Å². The summed E-state index contributed by atoms with van der Waals surface area (Å²) in [5, 5.41) is 17.8. The van der Waals surface area contributed by atoms with E-state index in [4.69, 9.17) is 0 Å². The summed E-state index contributed by atoms with van der Waals surface area (Å²) in [5.41, 5.74) is -1.19. The van der Waals surface area contributed by atoms with E-state index in [9.17, 15) is 37.6 Å². The zero-order valence-electron chi connectivity index (χ0n) is 24.6. The molecule has 3 N–H and O–H groups in total. The molecule has 43 heavy (non-hydrogen) atoms. The molecule has 8 aliphatic rings. The number of fused-ring (bicyclic) bond motifs is 1. The Hall–Kier alpha value is -2.84. The highest BCUT2D eigenvalue weighted by Gasteiger charge is 2.70. The van der Waals surface area contributed by atoms with Gasteiger partial charge in [-0.2, -0.15) is 18.4 Å². The Morgan fingerprint density at radius 3 is 2.16 bits per heavy atom. The van der Waals surface area contributed by atoms with Gasteiger partial charge in [-0.1, -0.05) is 13.8 Å². The quantitative estimate of drug-likeness (QED) is 0.412. The first-order valence-corrected chi connectivity index (χ1v) is 15.8. The first-order chi connectivity index (χ1) is 20.1. The number of nitrogens with zero attached hydrogens (tertiary/aromatic N) is 2. The summed E-state index contributed by atoms with van der Waals surface area (Å²) in [7, 11) is 0. The summed E-state index contributed by atoms with van der Waals surface area (Å²) in [6, 6.07) is -1.17. The highest BCUT2D eigenvalue weighted by Crippen LogP contribution is 2.66. The SMILES string of the molecule is CC1(C)[C@@H]2[C@@H](C(=O)N[C@H](C#N)CC3CC4(CC4)NC3=O)N(C(=O)C(NC(=O)C(F)(F)F)C34CC5CC(CC(C5)C3)C4)C[C@@H]21. The van der Waals surface area contributed by atoms with Crippen LogP contribution in [-0.2, 0) is 19.2 Å². The molecule has 9 nitrogen and oxygen atoms in total. The van der Waals surface area contributed by atoms with Gasteiger partial charge in [0.05, 0.1) is 6.07 Å². The number of piperidine rings is 1. The lowest BCUT2D eigenvalue weighted by Crippen LogP contribution is -2.65. The van der Waals surface area contributed by atoms with Gasteiger partial charge in [-0.15, -0.1) is 0 Å². The Morgan fingerprint density at radius 2 is 1.65 bits per heavy atom. The summed E-state index contributed by atoms with van der Waals surface area (Å²) in [6.45, 7) is 4.22. The van der Waals surface area contributed by atoms with Gasteiger partial charge in [-0.05, 0) is 99.2 Å². The third-order valence-electron chi connectivity index (χ3n) is 12.5. The molecule has 2 aliphatic heterocycles. The van der Waals surface area contributed by atoms with Crippen LogP contribution in [0.15, 0.2) is 0 Å². The highest BCUT2D eigenvalue weighted by atomic mass is 19.4. The summed E-state index contributed by atoms with van der Waals surface area (Å²) in [6.07, 6.45) is 2.27. The molecule has 4 amide bonds. The lowest BCUT2D eigenvalue weighted by Gasteiger charge is -2.59. The van der Waals surface area contributed by atoms with E-state index in [0.717, 1.165) is 32.1 Å². The molecule has 2 heterocycles. The van der Waals surface area contributed by atoms with Gasteiger partial charge >= 0.3 is 12.1 Å². The second-order valence-corrected chi connectivity index (χ2v) is 15.7. The van der Waals surface area contributed by atoms with Crippen LogP contribution in [0.2, 0.25) is 0 Å². The molecule has 0 aromatic heterocycles. The van der Waals surface area contributed by atoms with Gasteiger partial charge in [-0.25, -0.2) is 0 Å². The van der Waals surface area contributed by atoms with Crippen molar-refractivity contribution in [2.45, 2.75) is 108 Å². The summed E-state index contributed by atoms with van der Waals surface area (Å²) >= 11 is 0. The van der Waals surface area contributed by atoms with Gasteiger partial charge in [0.25, 0.3) is 0 Å². The number of alkyl halides is 3. The first-order valence-electron chi connectivity index (χ1n) is 15.8. The average Bonchev–Trinajstić information content (AvgIpc) is 3.63. The second kappa shape index (κ2) is 9.33. The fraction of sp³-hybridized carbons (Fsp3) is 0.839. The van der Waals surface area contributed by atoms with E-state index in [1.807, 2.05) is 13.8 Å². The third kappa shape index (κ3) is 4.71. The van der Waals surface area contributed by atoms with Gasteiger partial charge in [0.1, 0.15) is 18.1 Å². The number of carbonyl (C=O) groups excluding carboxylic acids is 4. The molecule has 1 spiro atoms. The monoisotopic (exact) mass is 603 g/mol.